The number of alkyl halides is 3. The van der Waals surface area contributed by atoms with Crippen LogP contribution >= 0.6 is 11.3 Å². The Balaban J connectivity index is 1.44. The first-order valence-corrected chi connectivity index (χ1v) is 10.4. The summed E-state index contributed by atoms with van der Waals surface area (Å²) in [7, 11) is 1.90. The quantitative estimate of drug-likeness (QED) is 0.677. The number of fused-ring (bicyclic) bond motifs is 1. The summed E-state index contributed by atoms with van der Waals surface area (Å²) >= 11 is 1.10. The fourth-order valence-corrected chi connectivity index (χ4v) is 4.79. The number of nitrogens with one attached hydrogen (secondary N) is 1. The molecule has 0 amide bonds. The van der Waals surface area contributed by atoms with E-state index < -0.39 is 12.6 Å². The molecule has 6 nitrogen and oxygen atoms in total. The van der Waals surface area contributed by atoms with Gasteiger partial charge in [0.05, 0.1) is 18.0 Å². The van der Waals surface area contributed by atoms with E-state index in [4.69, 9.17) is 0 Å². The van der Waals surface area contributed by atoms with Crippen LogP contribution in [0.3, 0.4) is 0 Å². The van der Waals surface area contributed by atoms with Crippen LogP contribution in [0.1, 0.15) is 29.7 Å². The molecule has 0 bridgehead atoms. The normalized spacial score (nSPS) is 18.3. The van der Waals surface area contributed by atoms with Crippen molar-refractivity contribution in [2.75, 3.05) is 18.0 Å². The molecule has 0 spiro atoms. The van der Waals surface area contributed by atoms with E-state index in [9.17, 15) is 13.2 Å². The summed E-state index contributed by atoms with van der Waals surface area (Å²) in [5.41, 5.74) is 1.15. The Morgan fingerprint density at radius 2 is 2.10 bits per heavy atom. The minimum Gasteiger partial charge on any atom is -0.356 e. The summed E-state index contributed by atoms with van der Waals surface area (Å²) in [6, 6.07) is 1.99. The van der Waals surface area contributed by atoms with Crippen LogP contribution in [0.15, 0.2) is 24.8 Å². The summed E-state index contributed by atoms with van der Waals surface area (Å²) in [4.78, 5) is 11.7. The van der Waals surface area contributed by atoms with Crippen LogP contribution in [0.2, 0.25) is 0 Å². The number of anilines is 1. The van der Waals surface area contributed by atoms with Crippen molar-refractivity contribution in [2.45, 2.75) is 44.4 Å². The molecular weight excluding hydrogens is 401 g/mol. The molecule has 156 valence electrons. The van der Waals surface area contributed by atoms with E-state index in [1.54, 1.807) is 10.7 Å². The van der Waals surface area contributed by atoms with Gasteiger partial charge in [0, 0.05) is 49.4 Å². The fourth-order valence-electron chi connectivity index (χ4n) is 3.77. The zero-order chi connectivity index (χ0) is 20.4. The van der Waals surface area contributed by atoms with E-state index in [0.29, 0.717) is 10.9 Å². The highest BCUT2D eigenvalue weighted by atomic mass is 32.1. The standard InChI is InChI=1S/C19H23F3N6S/c1-27-11-13(10-26-27)9-23-14-3-2-5-28(6-4-14)17-16-7-15(8-19(20,21)22)29-18(16)25-12-24-17/h7,10-12,14,23H,2-6,8-9H2,1H3/t14-/m0/s1. The number of halogens is 3. The number of hydrogen-bond donors (Lipinski definition) is 1. The molecule has 0 aliphatic carbocycles. The molecule has 3 aromatic rings. The van der Waals surface area contributed by atoms with Crippen molar-refractivity contribution in [3.8, 4) is 0 Å². The maximum absolute atomic E-state index is 12.8. The highest BCUT2D eigenvalue weighted by molar-refractivity contribution is 7.18. The van der Waals surface area contributed by atoms with E-state index in [-0.39, 0.29) is 4.88 Å². The SMILES string of the molecule is Cn1cc(CN[C@H]2CCCN(c3ncnc4sc(CC(F)(F)F)cc34)CC2)cn1. The van der Waals surface area contributed by atoms with Crippen LogP contribution < -0.4 is 10.2 Å². The molecule has 1 N–H and O–H groups in total. The van der Waals surface area contributed by atoms with Crippen LogP contribution in [0.4, 0.5) is 19.0 Å². The summed E-state index contributed by atoms with van der Waals surface area (Å²) in [5.74, 6) is 0.743. The second-order valence-electron chi connectivity index (χ2n) is 7.44. The molecule has 1 aliphatic rings. The number of thiophene rings is 1. The topological polar surface area (TPSA) is 58.9 Å². The Morgan fingerprint density at radius 3 is 2.86 bits per heavy atom. The molecule has 4 rings (SSSR count). The van der Waals surface area contributed by atoms with Gasteiger partial charge in [0.1, 0.15) is 17.0 Å². The molecule has 29 heavy (non-hydrogen) atoms. The monoisotopic (exact) mass is 424 g/mol. The molecular formula is C19H23F3N6S. The van der Waals surface area contributed by atoms with Gasteiger partial charge in [0.25, 0.3) is 0 Å². The third kappa shape index (κ3) is 5.05. The first-order chi connectivity index (χ1) is 13.9. The molecule has 0 radical (unpaired) electrons. The number of aromatic nitrogens is 4. The van der Waals surface area contributed by atoms with E-state index in [0.717, 1.165) is 67.0 Å². The van der Waals surface area contributed by atoms with Crippen LogP contribution in [0.5, 0.6) is 0 Å². The molecule has 0 aromatic carbocycles. The van der Waals surface area contributed by atoms with Crippen molar-refractivity contribution in [3.05, 3.63) is 35.2 Å². The largest absolute Gasteiger partial charge is 0.393 e. The van der Waals surface area contributed by atoms with Gasteiger partial charge in [0.2, 0.25) is 0 Å². The van der Waals surface area contributed by atoms with Gasteiger partial charge in [-0.3, -0.25) is 4.68 Å². The lowest BCUT2D eigenvalue weighted by atomic mass is 10.1. The molecule has 1 fully saturated rings. The maximum Gasteiger partial charge on any atom is 0.393 e. The van der Waals surface area contributed by atoms with Crippen molar-refractivity contribution < 1.29 is 13.2 Å². The van der Waals surface area contributed by atoms with Gasteiger partial charge >= 0.3 is 6.18 Å². The zero-order valence-electron chi connectivity index (χ0n) is 16.1. The van der Waals surface area contributed by atoms with Crippen molar-refractivity contribution in [2.24, 2.45) is 7.05 Å². The predicted molar refractivity (Wildman–Crippen MR) is 107 cm³/mol. The van der Waals surface area contributed by atoms with Crippen LogP contribution in [-0.2, 0) is 20.0 Å². The summed E-state index contributed by atoms with van der Waals surface area (Å²) in [6.45, 7) is 2.42. The molecule has 4 heterocycles. The molecule has 10 heteroatoms. The lowest BCUT2D eigenvalue weighted by Crippen LogP contribution is -2.30. The molecule has 0 unspecified atom stereocenters. The number of nitrogens with zero attached hydrogens (tertiary/aromatic N) is 5. The average molecular weight is 424 g/mol. The second-order valence-corrected chi connectivity index (χ2v) is 8.55. The third-order valence-corrected chi connectivity index (χ3v) is 6.16. The highest BCUT2D eigenvalue weighted by Crippen LogP contribution is 2.34. The first kappa shape index (κ1) is 20.1. The van der Waals surface area contributed by atoms with E-state index in [1.807, 2.05) is 19.4 Å². The van der Waals surface area contributed by atoms with Gasteiger partial charge in [-0.15, -0.1) is 11.3 Å². The Hall–Kier alpha value is -2.20. The van der Waals surface area contributed by atoms with E-state index >= 15 is 0 Å². The molecule has 1 saturated heterocycles. The fraction of sp³-hybridized carbons (Fsp3) is 0.526. The van der Waals surface area contributed by atoms with Gasteiger partial charge in [-0.05, 0) is 25.3 Å². The van der Waals surface area contributed by atoms with Crippen LogP contribution in [0, 0.1) is 0 Å². The first-order valence-electron chi connectivity index (χ1n) is 9.63. The van der Waals surface area contributed by atoms with Crippen LogP contribution in [0.25, 0.3) is 10.2 Å². The summed E-state index contributed by atoms with van der Waals surface area (Å²) in [5, 5.41) is 8.50. The maximum atomic E-state index is 12.8. The minimum absolute atomic E-state index is 0.278. The Labute approximate surface area is 170 Å². The highest BCUT2D eigenvalue weighted by Gasteiger charge is 2.29. The Bertz CT molecular complexity index is 966. The molecule has 0 saturated carbocycles. The number of rotatable bonds is 5. The predicted octanol–water partition coefficient (Wildman–Crippen LogP) is 3.68. The van der Waals surface area contributed by atoms with Crippen molar-refractivity contribution >= 4 is 27.4 Å². The van der Waals surface area contributed by atoms with Gasteiger partial charge in [-0.2, -0.15) is 18.3 Å². The van der Waals surface area contributed by atoms with Crippen molar-refractivity contribution in [1.29, 1.82) is 0 Å². The second kappa shape index (κ2) is 8.27. The summed E-state index contributed by atoms with van der Waals surface area (Å²) < 4.78 is 40.1. The zero-order valence-corrected chi connectivity index (χ0v) is 16.9. The third-order valence-electron chi connectivity index (χ3n) is 5.11. The van der Waals surface area contributed by atoms with Gasteiger partial charge in [-0.1, -0.05) is 0 Å². The lowest BCUT2D eigenvalue weighted by Gasteiger charge is -2.22. The smallest absolute Gasteiger partial charge is 0.356 e. The average Bonchev–Trinajstić information content (AvgIpc) is 3.17. The minimum atomic E-state index is -4.22. The molecule has 1 aliphatic heterocycles. The van der Waals surface area contributed by atoms with E-state index in [2.05, 4.69) is 25.3 Å². The number of hydrogen-bond acceptors (Lipinski definition) is 6. The number of aryl methyl sites for hydroxylation is 1. The Morgan fingerprint density at radius 1 is 1.24 bits per heavy atom. The molecule has 1 atom stereocenters. The van der Waals surface area contributed by atoms with Gasteiger partial charge in [0.15, 0.2) is 0 Å². The van der Waals surface area contributed by atoms with E-state index in [1.165, 1.54) is 6.33 Å². The van der Waals surface area contributed by atoms with Crippen LogP contribution in [-0.4, -0.2) is 45.1 Å². The summed E-state index contributed by atoms with van der Waals surface area (Å²) in [6.07, 6.45) is 3.17. The Kier molecular flexibility index (Phi) is 5.73. The van der Waals surface area contributed by atoms with Crippen molar-refractivity contribution in [1.82, 2.24) is 25.1 Å². The molecule has 3 aromatic heterocycles. The van der Waals surface area contributed by atoms with Gasteiger partial charge in [-0.25, -0.2) is 9.97 Å². The lowest BCUT2D eigenvalue weighted by molar-refractivity contribution is -0.126. The van der Waals surface area contributed by atoms with Crippen molar-refractivity contribution in [3.63, 3.8) is 0 Å². The van der Waals surface area contributed by atoms with Gasteiger partial charge < -0.3 is 10.2 Å².